The van der Waals surface area contributed by atoms with Crippen molar-refractivity contribution in [2.45, 2.75) is 51.9 Å². The lowest BCUT2D eigenvalue weighted by Crippen LogP contribution is -2.16. The van der Waals surface area contributed by atoms with Crippen LogP contribution in [0.2, 0.25) is 0 Å². The first kappa shape index (κ1) is 13.2. The van der Waals surface area contributed by atoms with Gasteiger partial charge in [-0.3, -0.25) is 9.59 Å². The predicted octanol–water partition coefficient (Wildman–Crippen LogP) is 2.73. The van der Waals surface area contributed by atoms with Crippen LogP contribution in [-0.4, -0.2) is 18.9 Å². The first-order valence-electron chi connectivity index (χ1n) is 6.20. The maximum absolute atomic E-state index is 11.6. The van der Waals surface area contributed by atoms with Crippen molar-refractivity contribution in [3.8, 4) is 0 Å². The second-order valence-corrected chi connectivity index (χ2v) is 4.94. The zero-order valence-electron chi connectivity index (χ0n) is 10.3. The molecule has 0 spiro atoms. The summed E-state index contributed by atoms with van der Waals surface area (Å²) in [6, 6.07) is 0. The third-order valence-corrected chi connectivity index (χ3v) is 3.49. The standard InChI is InChI=1S/C13H22O3/c1-10-3-5-11(6-4-10)9-12(14)7-8-13(15)16-2/h10-11H,3-9H2,1-2H3. The molecule has 0 aromatic heterocycles. The van der Waals surface area contributed by atoms with Crippen LogP contribution in [0.25, 0.3) is 0 Å². The number of methoxy groups -OCH3 is 1. The fraction of sp³-hybridized carbons (Fsp3) is 0.846. The van der Waals surface area contributed by atoms with E-state index in [4.69, 9.17) is 0 Å². The van der Waals surface area contributed by atoms with Gasteiger partial charge in [0.1, 0.15) is 5.78 Å². The Morgan fingerprint density at radius 3 is 2.31 bits per heavy atom. The van der Waals surface area contributed by atoms with Crippen LogP contribution in [0.5, 0.6) is 0 Å². The Morgan fingerprint density at radius 1 is 1.12 bits per heavy atom. The van der Waals surface area contributed by atoms with Crippen molar-refractivity contribution in [2.24, 2.45) is 11.8 Å². The van der Waals surface area contributed by atoms with Gasteiger partial charge in [-0.25, -0.2) is 0 Å². The summed E-state index contributed by atoms with van der Waals surface area (Å²) in [6.45, 7) is 2.27. The molecule has 0 radical (unpaired) electrons. The van der Waals surface area contributed by atoms with E-state index in [-0.39, 0.29) is 18.2 Å². The number of ketones is 1. The van der Waals surface area contributed by atoms with Crippen molar-refractivity contribution in [2.75, 3.05) is 7.11 Å². The van der Waals surface area contributed by atoms with Crippen molar-refractivity contribution in [3.05, 3.63) is 0 Å². The topological polar surface area (TPSA) is 43.4 Å². The van der Waals surface area contributed by atoms with Gasteiger partial charge in [0.05, 0.1) is 13.5 Å². The highest BCUT2D eigenvalue weighted by Gasteiger charge is 2.20. The molecule has 1 aliphatic rings. The normalized spacial score (nSPS) is 25.1. The Kier molecular flexibility index (Phi) is 5.50. The molecule has 0 bridgehead atoms. The summed E-state index contributed by atoms with van der Waals surface area (Å²) >= 11 is 0. The molecule has 92 valence electrons. The maximum atomic E-state index is 11.6. The fourth-order valence-electron chi connectivity index (χ4n) is 2.30. The molecule has 0 N–H and O–H groups in total. The summed E-state index contributed by atoms with van der Waals surface area (Å²) < 4.78 is 4.51. The first-order chi connectivity index (χ1) is 7.61. The van der Waals surface area contributed by atoms with E-state index in [1.54, 1.807) is 0 Å². The van der Waals surface area contributed by atoms with Crippen LogP contribution in [0.4, 0.5) is 0 Å². The molecule has 0 amide bonds. The van der Waals surface area contributed by atoms with E-state index in [1.165, 1.54) is 32.8 Å². The monoisotopic (exact) mass is 226 g/mol. The lowest BCUT2D eigenvalue weighted by molar-refractivity contribution is -0.142. The van der Waals surface area contributed by atoms with E-state index in [0.29, 0.717) is 18.8 Å². The number of hydrogen-bond donors (Lipinski definition) is 0. The molecule has 0 atom stereocenters. The third-order valence-electron chi connectivity index (χ3n) is 3.49. The van der Waals surface area contributed by atoms with Crippen molar-refractivity contribution in [1.82, 2.24) is 0 Å². The number of ether oxygens (including phenoxy) is 1. The van der Waals surface area contributed by atoms with Crippen molar-refractivity contribution >= 4 is 11.8 Å². The minimum Gasteiger partial charge on any atom is -0.469 e. The van der Waals surface area contributed by atoms with Gasteiger partial charge in [-0.15, -0.1) is 0 Å². The summed E-state index contributed by atoms with van der Waals surface area (Å²) in [5, 5.41) is 0. The largest absolute Gasteiger partial charge is 0.469 e. The van der Waals surface area contributed by atoms with Crippen LogP contribution in [0.15, 0.2) is 0 Å². The third kappa shape index (κ3) is 4.77. The Balaban J connectivity index is 2.16. The minimum atomic E-state index is -0.286. The number of rotatable bonds is 5. The SMILES string of the molecule is COC(=O)CCC(=O)CC1CCC(C)CC1. The Morgan fingerprint density at radius 2 is 1.75 bits per heavy atom. The molecule has 0 aliphatic heterocycles. The van der Waals surface area contributed by atoms with Crippen LogP contribution in [-0.2, 0) is 14.3 Å². The van der Waals surface area contributed by atoms with Crippen LogP contribution in [0, 0.1) is 11.8 Å². The average Bonchev–Trinajstić information content (AvgIpc) is 2.29. The first-order valence-corrected chi connectivity index (χ1v) is 6.20. The molecular weight excluding hydrogens is 204 g/mol. The molecule has 16 heavy (non-hydrogen) atoms. The summed E-state index contributed by atoms with van der Waals surface area (Å²) in [6.07, 6.45) is 6.07. The van der Waals surface area contributed by atoms with Crippen LogP contribution in [0.3, 0.4) is 0 Å². The summed E-state index contributed by atoms with van der Waals surface area (Å²) in [5.74, 6) is 1.30. The molecule has 1 aliphatic carbocycles. The lowest BCUT2D eigenvalue weighted by Gasteiger charge is -2.25. The van der Waals surface area contributed by atoms with E-state index >= 15 is 0 Å². The van der Waals surface area contributed by atoms with E-state index < -0.39 is 0 Å². The Bertz CT molecular complexity index is 240. The molecule has 0 unspecified atom stereocenters. The molecule has 0 saturated heterocycles. The fourth-order valence-corrected chi connectivity index (χ4v) is 2.30. The molecule has 3 heteroatoms. The molecule has 3 nitrogen and oxygen atoms in total. The van der Waals surface area contributed by atoms with Gasteiger partial charge in [-0.05, 0) is 24.7 Å². The van der Waals surface area contributed by atoms with Gasteiger partial charge in [-0.2, -0.15) is 0 Å². The Hall–Kier alpha value is -0.860. The molecule has 0 aromatic carbocycles. The lowest BCUT2D eigenvalue weighted by atomic mass is 9.80. The molecular formula is C13H22O3. The molecule has 1 saturated carbocycles. The maximum Gasteiger partial charge on any atom is 0.305 e. The quantitative estimate of drug-likeness (QED) is 0.677. The van der Waals surface area contributed by atoms with E-state index in [9.17, 15) is 9.59 Å². The average molecular weight is 226 g/mol. The van der Waals surface area contributed by atoms with Gasteiger partial charge >= 0.3 is 5.97 Å². The molecule has 1 fully saturated rings. The minimum absolute atomic E-state index is 0.213. The molecule has 1 rings (SSSR count). The highest BCUT2D eigenvalue weighted by molar-refractivity contribution is 5.83. The van der Waals surface area contributed by atoms with Crippen LogP contribution >= 0.6 is 0 Å². The summed E-state index contributed by atoms with van der Waals surface area (Å²) in [7, 11) is 1.36. The van der Waals surface area contributed by atoms with Gasteiger partial charge in [0.2, 0.25) is 0 Å². The van der Waals surface area contributed by atoms with Gasteiger partial charge in [0.25, 0.3) is 0 Å². The number of hydrogen-bond acceptors (Lipinski definition) is 3. The van der Waals surface area contributed by atoms with Crippen molar-refractivity contribution in [1.29, 1.82) is 0 Å². The highest BCUT2D eigenvalue weighted by atomic mass is 16.5. The number of esters is 1. The smallest absolute Gasteiger partial charge is 0.305 e. The van der Waals surface area contributed by atoms with E-state index in [0.717, 1.165) is 5.92 Å². The second-order valence-electron chi connectivity index (χ2n) is 4.94. The van der Waals surface area contributed by atoms with Gasteiger partial charge in [0, 0.05) is 12.8 Å². The van der Waals surface area contributed by atoms with E-state index in [1.807, 2.05) is 0 Å². The number of carbonyl (C=O) groups is 2. The zero-order chi connectivity index (χ0) is 12.0. The van der Waals surface area contributed by atoms with Crippen LogP contribution in [0.1, 0.15) is 51.9 Å². The molecule has 0 heterocycles. The second kappa shape index (κ2) is 6.66. The summed E-state index contributed by atoms with van der Waals surface area (Å²) in [5.41, 5.74) is 0. The van der Waals surface area contributed by atoms with E-state index in [2.05, 4.69) is 11.7 Å². The highest BCUT2D eigenvalue weighted by Crippen LogP contribution is 2.30. The number of Topliss-reactive ketones (excluding diaryl/α,β-unsaturated/α-hetero) is 1. The van der Waals surface area contributed by atoms with Gasteiger partial charge in [0.15, 0.2) is 0 Å². The Labute approximate surface area is 97.5 Å². The van der Waals surface area contributed by atoms with Crippen molar-refractivity contribution in [3.63, 3.8) is 0 Å². The predicted molar refractivity (Wildman–Crippen MR) is 62.0 cm³/mol. The zero-order valence-corrected chi connectivity index (χ0v) is 10.3. The summed E-state index contributed by atoms with van der Waals surface area (Å²) in [4.78, 5) is 22.5. The number of carbonyl (C=O) groups excluding carboxylic acids is 2. The van der Waals surface area contributed by atoms with Crippen molar-refractivity contribution < 1.29 is 14.3 Å². The van der Waals surface area contributed by atoms with Gasteiger partial charge < -0.3 is 4.74 Å². The van der Waals surface area contributed by atoms with Gasteiger partial charge in [-0.1, -0.05) is 19.8 Å². The molecule has 0 aromatic rings. The van der Waals surface area contributed by atoms with Crippen LogP contribution < -0.4 is 0 Å².